The van der Waals surface area contributed by atoms with Crippen LogP contribution in [0.2, 0.25) is 0 Å². The predicted molar refractivity (Wildman–Crippen MR) is 19.6 cm³/mol. The maximum atomic E-state index is 2.74. The molecule has 1 nitrogen and oxygen atoms in total. The minimum atomic E-state index is 0. The summed E-state index contributed by atoms with van der Waals surface area (Å²) >= 11 is 0. The van der Waals surface area contributed by atoms with E-state index in [2.05, 4.69) is 11.2 Å². The number of aromatic amines is 1. The van der Waals surface area contributed by atoms with Crippen LogP contribution >= 0.6 is 0 Å². The molecule has 0 bridgehead atoms. The van der Waals surface area contributed by atoms with Crippen LogP contribution in [-0.4, -0.2) is 4.98 Å². The van der Waals surface area contributed by atoms with Crippen LogP contribution in [0.1, 0.15) is 0 Å². The van der Waals surface area contributed by atoms with Crippen molar-refractivity contribution >= 4 is 0 Å². The van der Waals surface area contributed by atoms with Gasteiger partial charge in [0.05, 0.1) is 0 Å². The minimum absolute atomic E-state index is 0. The van der Waals surface area contributed by atoms with Crippen LogP contribution in [0.5, 0.6) is 0 Å². The number of nitrogens with one attached hydrogen (secondary N) is 1. The zero-order valence-corrected chi connectivity index (χ0v) is 5.83. The van der Waals surface area contributed by atoms with Crippen LogP contribution in [0.4, 0.5) is 0 Å². The van der Waals surface area contributed by atoms with Crippen molar-refractivity contribution in [3.05, 3.63) is 24.5 Å². The molecule has 6 heavy (non-hydrogen) atoms. The SMILES string of the molecule is [Re].[c-]1ccc[nH]1. The number of H-pyrrole nitrogens is 1. The van der Waals surface area contributed by atoms with E-state index in [4.69, 9.17) is 0 Å². The van der Waals surface area contributed by atoms with Gasteiger partial charge in [0, 0.05) is 20.4 Å². The van der Waals surface area contributed by atoms with Gasteiger partial charge in [-0.2, -0.15) is 18.3 Å². The fourth-order valence-electron chi connectivity index (χ4n) is 0.241. The van der Waals surface area contributed by atoms with Crippen molar-refractivity contribution < 1.29 is 20.4 Å². The summed E-state index contributed by atoms with van der Waals surface area (Å²) in [5, 5.41) is 0. The molecule has 0 unspecified atom stereocenters. The van der Waals surface area contributed by atoms with E-state index < -0.39 is 0 Å². The number of aromatic nitrogens is 1. The number of rotatable bonds is 0. The van der Waals surface area contributed by atoms with E-state index in [0.717, 1.165) is 0 Å². The minimum Gasteiger partial charge on any atom is -0.484 e. The van der Waals surface area contributed by atoms with E-state index in [1.54, 1.807) is 0 Å². The molecule has 1 aromatic heterocycles. The van der Waals surface area contributed by atoms with Crippen molar-refractivity contribution in [2.45, 2.75) is 0 Å². The first-order chi connectivity index (χ1) is 2.50. The Kier molecular flexibility index (Phi) is 3.11. The molecule has 1 N–H and O–H groups in total. The first-order valence-electron chi connectivity index (χ1n) is 1.49. The van der Waals surface area contributed by atoms with E-state index in [0.29, 0.717) is 0 Å². The molecule has 0 aliphatic rings. The summed E-state index contributed by atoms with van der Waals surface area (Å²) in [6.45, 7) is 0. The topological polar surface area (TPSA) is 15.8 Å². The maximum Gasteiger partial charge on any atom is 0 e. The van der Waals surface area contributed by atoms with Crippen molar-refractivity contribution in [2.75, 3.05) is 0 Å². The van der Waals surface area contributed by atoms with Gasteiger partial charge in [-0.15, -0.1) is 6.20 Å². The molecule has 0 saturated heterocycles. The zero-order chi connectivity index (χ0) is 3.54. The molecule has 0 saturated carbocycles. The van der Waals surface area contributed by atoms with Crippen molar-refractivity contribution in [2.24, 2.45) is 0 Å². The van der Waals surface area contributed by atoms with Crippen molar-refractivity contribution in [3.8, 4) is 0 Å². The summed E-state index contributed by atoms with van der Waals surface area (Å²) in [7, 11) is 0. The second kappa shape index (κ2) is 3.14. The molecule has 0 atom stereocenters. The average Bonchev–Trinajstić information content (AvgIpc) is 1.76. The standard InChI is InChI=1S/C4H4N.Re/c1-2-4-5-3-1;/h1-3,5H;/q-1;. The molecule has 1 heterocycles. The molecule has 1 aromatic rings. The summed E-state index contributed by atoms with van der Waals surface area (Å²) in [4.78, 5) is 2.74. The van der Waals surface area contributed by atoms with Gasteiger partial charge in [-0.1, -0.05) is 0 Å². The van der Waals surface area contributed by atoms with E-state index >= 15 is 0 Å². The van der Waals surface area contributed by atoms with Crippen molar-refractivity contribution in [1.82, 2.24) is 4.98 Å². The molecule has 2 heteroatoms. The Labute approximate surface area is 50.4 Å². The second-order valence-corrected chi connectivity index (χ2v) is 0.814. The largest absolute Gasteiger partial charge is 0.484 e. The summed E-state index contributed by atoms with van der Waals surface area (Å²) in [5.74, 6) is 0. The summed E-state index contributed by atoms with van der Waals surface area (Å²) in [6, 6.07) is 3.71. The number of hydrogen-bond acceptors (Lipinski definition) is 0. The summed E-state index contributed by atoms with van der Waals surface area (Å²) in [5.41, 5.74) is 0. The Balaban J connectivity index is 0.000000250. The van der Waals surface area contributed by atoms with Gasteiger partial charge in [0.25, 0.3) is 0 Å². The first kappa shape index (κ1) is 5.94. The fourth-order valence-corrected chi connectivity index (χ4v) is 0.241. The monoisotopic (exact) mass is 253 g/mol. The van der Waals surface area contributed by atoms with Gasteiger partial charge in [0.2, 0.25) is 0 Å². The fraction of sp³-hybridized carbons (Fsp3) is 0. The Morgan fingerprint density at radius 1 is 1.50 bits per heavy atom. The van der Waals surface area contributed by atoms with Gasteiger partial charge >= 0.3 is 0 Å². The quantitative estimate of drug-likeness (QED) is 0.658. The second-order valence-electron chi connectivity index (χ2n) is 0.814. The molecule has 33 valence electrons. The van der Waals surface area contributed by atoms with Crippen LogP contribution in [0.3, 0.4) is 0 Å². The van der Waals surface area contributed by atoms with Crippen LogP contribution in [-0.2, 0) is 20.4 Å². The predicted octanol–water partition coefficient (Wildman–Crippen LogP) is 0.812. The third kappa shape index (κ3) is 1.40. The molecule has 0 aliphatic carbocycles. The summed E-state index contributed by atoms with van der Waals surface area (Å²) < 4.78 is 0. The van der Waals surface area contributed by atoms with Crippen LogP contribution in [0.15, 0.2) is 18.3 Å². The smallest absolute Gasteiger partial charge is 0 e. The van der Waals surface area contributed by atoms with Gasteiger partial charge in [-0.3, -0.25) is 0 Å². The average molecular weight is 252 g/mol. The summed E-state index contributed by atoms with van der Waals surface area (Å²) in [6.07, 6.45) is 4.56. The number of hydrogen-bond donors (Lipinski definition) is 1. The molecule has 0 amide bonds. The Morgan fingerprint density at radius 3 is 2.50 bits per heavy atom. The van der Waals surface area contributed by atoms with Gasteiger partial charge in [-0.05, 0) is 0 Å². The van der Waals surface area contributed by atoms with Crippen LogP contribution in [0.25, 0.3) is 0 Å². The van der Waals surface area contributed by atoms with Crippen LogP contribution in [0, 0.1) is 6.20 Å². The third-order valence-electron chi connectivity index (χ3n) is 0.442. The Bertz CT molecular complexity index is 64.0. The van der Waals surface area contributed by atoms with Gasteiger partial charge < -0.3 is 4.98 Å². The van der Waals surface area contributed by atoms with Crippen molar-refractivity contribution in [1.29, 1.82) is 0 Å². The Hall–Kier alpha value is -0.0577. The molecule has 1 radical (unpaired) electrons. The van der Waals surface area contributed by atoms with Gasteiger partial charge in [0.1, 0.15) is 0 Å². The molecular formula is C4H4NRe-. The van der Waals surface area contributed by atoms with Crippen LogP contribution < -0.4 is 0 Å². The Morgan fingerprint density at radius 2 is 2.33 bits per heavy atom. The van der Waals surface area contributed by atoms with Crippen molar-refractivity contribution in [3.63, 3.8) is 0 Å². The van der Waals surface area contributed by atoms with E-state index in [1.807, 2.05) is 18.3 Å². The molecule has 0 aliphatic heterocycles. The first-order valence-corrected chi connectivity index (χ1v) is 1.49. The van der Waals surface area contributed by atoms with E-state index in [9.17, 15) is 0 Å². The van der Waals surface area contributed by atoms with Gasteiger partial charge in [-0.25, -0.2) is 0 Å². The molecule has 0 fully saturated rings. The van der Waals surface area contributed by atoms with E-state index in [-0.39, 0.29) is 20.4 Å². The molecule has 1 rings (SSSR count). The maximum absolute atomic E-state index is 2.74. The van der Waals surface area contributed by atoms with E-state index in [1.165, 1.54) is 0 Å². The molecular weight excluding hydrogens is 248 g/mol. The molecule has 0 spiro atoms. The normalized spacial score (nSPS) is 6.67. The van der Waals surface area contributed by atoms with Gasteiger partial charge in [0.15, 0.2) is 0 Å². The molecule has 0 aromatic carbocycles. The third-order valence-corrected chi connectivity index (χ3v) is 0.442. The zero-order valence-electron chi connectivity index (χ0n) is 3.11.